The van der Waals surface area contributed by atoms with Crippen LogP contribution in [-0.4, -0.2) is 0 Å². The van der Waals surface area contributed by atoms with Crippen molar-refractivity contribution in [2.24, 2.45) is 11.5 Å². The lowest BCUT2D eigenvalue weighted by atomic mass is 10.1. The minimum Gasteiger partial charge on any atom is -0.398 e. The smallest absolute Gasteiger partial charge is 0.128 e. The molecule has 0 aliphatic heterocycles. The summed E-state index contributed by atoms with van der Waals surface area (Å²) in [6, 6.07) is 7.22. The summed E-state index contributed by atoms with van der Waals surface area (Å²) in [5.74, 6) is 0. The van der Waals surface area contributed by atoms with Gasteiger partial charge < -0.3 is 17.2 Å². The number of rotatable bonds is 1. The normalized spacial score (nSPS) is 10.3. The summed E-state index contributed by atoms with van der Waals surface area (Å²) in [4.78, 5) is 0. The zero-order valence-electron chi connectivity index (χ0n) is 5.54. The maximum Gasteiger partial charge on any atom is 0.128 e. The van der Waals surface area contributed by atoms with E-state index in [0.29, 0.717) is 11.3 Å². The van der Waals surface area contributed by atoms with E-state index >= 15 is 0 Å². The molecule has 0 fully saturated rings. The van der Waals surface area contributed by atoms with Crippen LogP contribution < -0.4 is 17.2 Å². The second kappa shape index (κ2) is 2.68. The molecule has 0 bridgehead atoms. The zero-order valence-corrected chi connectivity index (χ0v) is 5.54. The Balaban J connectivity index is 3.03. The monoisotopic (exact) mass is 136 g/mol. The van der Waals surface area contributed by atoms with E-state index in [4.69, 9.17) is 17.2 Å². The highest BCUT2D eigenvalue weighted by molar-refractivity contribution is 5.51. The van der Waals surface area contributed by atoms with Crippen molar-refractivity contribution in [2.75, 3.05) is 5.73 Å². The molecule has 0 aromatic heterocycles. The van der Waals surface area contributed by atoms with E-state index in [0.717, 1.165) is 0 Å². The number of hydrogen-bond acceptors (Lipinski definition) is 3. The third-order valence-electron chi connectivity index (χ3n) is 1.27. The molecule has 0 amide bonds. The zero-order chi connectivity index (χ0) is 7.56. The molecule has 6 N–H and O–H groups in total. The van der Waals surface area contributed by atoms with Crippen LogP contribution in [0.4, 0.5) is 5.69 Å². The summed E-state index contributed by atoms with van der Waals surface area (Å²) in [7, 11) is 0. The first kappa shape index (κ1) is 7.05. The van der Waals surface area contributed by atoms with E-state index in [9.17, 15) is 0 Å². The van der Waals surface area contributed by atoms with Gasteiger partial charge in [-0.3, -0.25) is 0 Å². The van der Waals surface area contributed by atoms with Crippen LogP contribution in [0.3, 0.4) is 0 Å². The minimum absolute atomic E-state index is 0.262. The van der Waals surface area contributed by atoms with Crippen LogP contribution >= 0.6 is 0 Å². The Kier molecular flexibility index (Phi) is 1.89. The maximum absolute atomic E-state index is 5.54. The van der Waals surface area contributed by atoms with Crippen LogP contribution in [0.1, 0.15) is 5.56 Å². The predicted octanol–water partition coefficient (Wildman–Crippen LogP) is 0.0238. The molecule has 0 heterocycles. The van der Waals surface area contributed by atoms with Crippen molar-refractivity contribution < 1.29 is 0 Å². The predicted molar refractivity (Wildman–Crippen MR) is 41.6 cm³/mol. The Morgan fingerprint density at radius 1 is 1.10 bits per heavy atom. The summed E-state index contributed by atoms with van der Waals surface area (Å²) in [6.07, 6.45) is 0.262. The molecule has 0 saturated heterocycles. The summed E-state index contributed by atoms with van der Waals surface area (Å²) >= 11 is 0. The van der Waals surface area contributed by atoms with E-state index in [-0.39, 0.29) is 6.17 Å². The van der Waals surface area contributed by atoms with Gasteiger partial charge in [-0.2, -0.15) is 0 Å². The summed E-state index contributed by atoms with van der Waals surface area (Å²) in [5.41, 5.74) is 17.5. The molecule has 0 atom stereocenters. The van der Waals surface area contributed by atoms with Crippen LogP contribution in [0.5, 0.6) is 0 Å². The molecule has 0 unspecified atom stereocenters. The van der Waals surface area contributed by atoms with Gasteiger partial charge in [0.05, 0.1) is 0 Å². The van der Waals surface area contributed by atoms with E-state index in [2.05, 4.69) is 0 Å². The average Bonchev–Trinajstić information content (AvgIpc) is 1.88. The third kappa shape index (κ3) is 1.26. The minimum atomic E-state index is 0.262. The van der Waals surface area contributed by atoms with E-state index in [1.54, 1.807) is 12.1 Å². The van der Waals surface area contributed by atoms with Crippen LogP contribution in [0.25, 0.3) is 0 Å². The van der Waals surface area contributed by atoms with Crippen LogP contribution in [-0.2, 0) is 0 Å². The highest BCUT2D eigenvalue weighted by Crippen LogP contribution is 2.12. The van der Waals surface area contributed by atoms with Crippen LogP contribution in [0.15, 0.2) is 24.3 Å². The molecular weight excluding hydrogens is 126 g/mol. The number of benzene rings is 1. The highest BCUT2D eigenvalue weighted by atomic mass is 14.9. The van der Waals surface area contributed by atoms with Gasteiger partial charge in [-0.15, -0.1) is 0 Å². The fourth-order valence-corrected chi connectivity index (χ4v) is 0.760. The van der Waals surface area contributed by atoms with Crippen molar-refractivity contribution in [1.29, 1.82) is 0 Å². The van der Waals surface area contributed by atoms with Crippen LogP contribution in [0.2, 0.25) is 0 Å². The Hall–Kier alpha value is -1.06. The molecule has 0 aliphatic carbocycles. The molecule has 1 aromatic carbocycles. The van der Waals surface area contributed by atoms with Crippen LogP contribution in [0, 0.1) is 6.17 Å². The Morgan fingerprint density at radius 3 is 2.10 bits per heavy atom. The van der Waals surface area contributed by atoms with Gasteiger partial charge in [0.25, 0.3) is 0 Å². The van der Waals surface area contributed by atoms with Crippen molar-refractivity contribution in [3.8, 4) is 0 Å². The third-order valence-corrected chi connectivity index (χ3v) is 1.27. The quantitative estimate of drug-likeness (QED) is 0.476. The SMILES string of the molecule is N[C](N)c1ccccc1N. The molecule has 1 aromatic rings. The molecule has 1 radical (unpaired) electrons. The molecule has 3 nitrogen and oxygen atoms in total. The fourth-order valence-electron chi connectivity index (χ4n) is 0.760. The maximum atomic E-state index is 5.54. The number of nitrogens with two attached hydrogens (primary N) is 3. The first-order valence-electron chi connectivity index (χ1n) is 2.94. The van der Waals surface area contributed by atoms with E-state index in [1.165, 1.54) is 0 Å². The van der Waals surface area contributed by atoms with Crippen molar-refractivity contribution in [2.45, 2.75) is 0 Å². The second-order valence-electron chi connectivity index (χ2n) is 2.04. The summed E-state index contributed by atoms with van der Waals surface area (Å²) < 4.78 is 0. The van der Waals surface area contributed by atoms with Gasteiger partial charge in [-0.05, 0) is 6.07 Å². The van der Waals surface area contributed by atoms with Gasteiger partial charge >= 0.3 is 0 Å². The molecule has 1 rings (SSSR count). The topological polar surface area (TPSA) is 78.1 Å². The summed E-state index contributed by atoms with van der Waals surface area (Å²) in [5, 5.41) is 0. The Labute approximate surface area is 59.8 Å². The number of nitrogen functional groups attached to an aromatic ring is 1. The lowest BCUT2D eigenvalue weighted by Gasteiger charge is -2.05. The van der Waals surface area contributed by atoms with E-state index in [1.807, 2.05) is 12.1 Å². The lowest BCUT2D eigenvalue weighted by molar-refractivity contribution is 1.05. The van der Waals surface area contributed by atoms with Crippen molar-refractivity contribution >= 4 is 5.69 Å². The first-order valence-corrected chi connectivity index (χ1v) is 2.94. The number of anilines is 1. The van der Waals surface area contributed by atoms with Gasteiger partial charge in [-0.25, -0.2) is 0 Å². The van der Waals surface area contributed by atoms with Gasteiger partial charge in [0.1, 0.15) is 6.17 Å². The number of para-hydroxylation sites is 1. The van der Waals surface area contributed by atoms with E-state index < -0.39 is 0 Å². The van der Waals surface area contributed by atoms with Crippen molar-refractivity contribution in [1.82, 2.24) is 0 Å². The molecule has 0 spiro atoms. The Bertz CT molecular complexity index is 220. The number of hydrogen-bond donors (Lipinski definition) is 3. The largest absolute Gasteiger partial charge is 0.398 e. The molecule has 10 heavy (non-hydrogen) atoms. The molecule has 0 saturated carbocycles. The molecular formula is C7H10N3. The average molecular weight is 136 g/mol. The second-order valence-corrected chi connectivity index (χ2v) is 2.04. The highest BCUT2D eigenvalue weighted by Gasteiger charge is 2.02. The van der Waals surface area contributed by atoms with Gasteiger partial charge in [0.15, 0.2) is 0 Å². The van der Waals surface area contributed by atoms with Gasteiger partial charge in [0.2, 0.25) is 0 Å². The fraction of sp³-hybridized carbons (Fsp3) is 0. The van der Waals surface area contributed by atoms with Crippen molar-refractivity contribution in [3.63, 3.8) is 0 Å². The van der Waals surface area contributed by atoms with Gasteiger partial charge in [-0.1, -0.05) is 18.2 Å². The lowest BCUT2D eigenvalue weighted by Crippen LogP contribution is -2.22. The molecule has 3 heteroatoms. The standard InChI is InChI=1S/C7H10N3/c8-6-4-2-1-3-5(6)7(9)10/h1-4H,8-10H2. The molecule has 53 valence electrons. The van der Waals surface area contributed by atoms with Crippen molar-refractivity contribution in [3.05, 3.63) is 36.0 Å². The first-order chi connectivity index (χ1) is 4.72. The Morgan fingerprint density at radius 2 is 1.70 bits per heavy atom. The van der Waals surface area contributed by atoms with Gasteiger partial charge in [0, 0.05) is 11.3 Å². The summed E-state index contributed by atoms with van der Waals surface area (Å²) in [6.45, 7) is 0. The molecule has 0 aliphatic rings.